The number of amides is 1. The summed E-state index contributed by atoms with van der Waals surface area (Å²) in [5, 5.41) is 3.18. The second kappa shape index (κ2) is 10.4. The maximum atomic E-state index is 12.2. The molecule has 0 fully saturated rings. The van der Waals surface area contributed by atoms with Gasteiger partial charge < -0.3 is 10.1 Å². The minimum absolute atomic E-state index is 0.0144. The van der Waals surface area contributed by atoms with Crippen molar-refractivity contribution in [3.8, 4) is 0 Å². The van der Waals surface area contributed by atoms with Gasteiger partial charge in [0.25, 0.3) is 5.91 Å². The zero-order valence-electron chi connectivity index (χ0n) is 15.3. The number of hydrogen-bond donors (Lipinski definition) is 4. The van der Waals surface area contributed by atoms with Crippen molar-refractivity contribution < 1.29 is 17.9 Å². The lowest BCUT2D eigenvalue weighted by Gasteiger charge is -2.16. The van der Waals surface area contributed by atoms with Crippen LogP contribution in [-0.2, 0) is 14.8 Å². The minimum atomic E-state index is -3.60. The van der Waals surface area contributed by atoms with Crippen LogP contribution >= 0.6 is 12.2 Å². The molecular formula is C16H26N4O4S2. The number of hydrogen-bond acceptors (Lipinski definition) is 5. The molecule has 0 spiro atoms. The van der Waals surface area contributed by atoms with E-state index in [4.69, 9.17) is 17.0 Å². The number of methoxy groups -OCH3 is 1. The second-order valence-electron chi connectivity index (χ2n) is 5.86. The van der Waals surface area contributed by atoms with Gasteiger partial charge in [0.1, 0.15) is 0 Å². The molecule has 0 unspecified atom stereocenters. The third-order valence-corrected chi connectivity index (χ3v) is 5.30. The third-order valence-electron chi connectivity index (χ3n) is 3.48. The van der Waals surface area contributed by atoms with E-state index in [9.17, 15) is 13.2 Å². The summed E-state index contributed by atoms with van der Waals surface area (Å²) in [6.45, 7) is 6.03. The first kappa shape index (κ1) is 22.3. The highest BCUT2D eigenvalue weighted by molar-refractivity contribution is 7.89. The highest BCUT2D eigenvalue weighted by atomic mass is 32.2. The molecular weight excluding hydrogens is 376 g/mol. The SMILES string of the molecule is CC[C@H](C)NS(=O)(=O)c1ccc(C(=O)NNC(=S)N[C@@H](C)COC)cc1. The van der Waals surface area contributed by atoms with E-state index in [0.29, 0.717) is 18.6 Å². The smallest absolute Gasteiger partial charge is 0.269 e. The van der Waals surface area contributed by atoms with Crippen molar-refractivity contribution in [2.45, 2.75) is 44.2 Å². The summed E-state index contributed by atoms with van der Waals surface area (Å²) in [4.78, 5) is 12.2. The summed E-state index contributed by atoms with van der Waals surface area (Å²) < 4.78 is 31.9. The Labute approximate surface area is 160 Å². The number of nitrogens with one attached hydrogen (secondary N) is 4. The van der Waals surface area contributed by atoms with Gasteiger partial charge in [-0.1, -0.05) is 6.92 Å². The number of carbonyl (C=O) groups excluding carboxylic acids is 1. The predicted octanol–water partition coefficient (Wildman–Crippen LogP) is 0.907. The molecule has 0 saturated carbocycles. The highest BCUT2D eigenvalue weighted by Gasteiger charge is 2.17. The maximum Gasteiger partial charge on any atom is 0.269 e. The summed E-state index contributed by atoms with van der Waals surface area (Å²) in [5.74, 6) is -0.438. The standard InChI is InChI=1S/C16H26N4O4S2/c1-5-11(2)20-26(22,23)14-8-6-13(7-9-14)15(21)18-19-16(25)17-12(3)10-24-4/h6-9,11-12,20H,5,10H2,1-4H3,(H,18,21)(H2,17,19,25)/t11-,12-/m0/s1. The van der Waals surface area contributed by atoms with E-state index in [1.165, 1.54) is 24.3 Å². The fraction of sp³-hybridized carbons (Fsp3) is 0.500. The Balaban J connectivity index is 2.63. The largest absolute Gasteiger partial charge is 0.383 e. The molecule has 1 aromatic rings. The number of thiocarbonyl (C=S) groups is 1. The first-order chi connectivity index (χ1) is 12.2. The Kier molecular flexibility index (Phi) is 8.93. The first-order valence-corrected chi connectivity index (χ1v) is 10.1. The Bertz CT molecular complexity index is 707. The van der Waals surface area contributed by atoms with Crippen LogP contribution in [0.15, 0.2) is 29.2 Å². The van der Waals surface area contributed by atoms with Crippen LogP contribution in [0, 0.1) is 0 Å². The summed E-state index contributed by atoms with van der Waals surface area (Å²) >= 11 is 5.05. The van der Waals surface area contributed by atoms with Crippen LogP contribution in [0.5, 0.6) is 0 Å². The summed E-state index contributed by atoms with van der Waals surface area (Å²) in [5.41, 5.74) is 5.33. The van der Waals surface area contributed by atoms with Crippen LogP contribution in [0.25, 0.3) is 0 Å². The first-order valence-electron chi connectivity index (χ1n) is 8.17. The van der Waals surface area contributed by atoms with E-state index in [0.717, 1.165) is 0 Å². The number of carbonyl (C=O) groups is 1. The number of rotatable bonds is 8. The van der Waals surface area contributed by atoms with Crippen molar-refractivity contribution in [3.05, 3.63) is 29.8 Å². The molecule has 0 radical (unpaired) electrons. The topological polar surface area (TPSA) is 109 Å². The van der Waals surface area contributed by atoms with Crippen LogP contribution in [0.3, 0.4) is 0 Å². The number of sulfonamides is 1. The van der Waals surface area contributed by atoms with Crippen molar-refractivity contribution in [2.24, 2.45) is 0 Å². The van der Waals surface area contributed by atoms with E-state index >= 15 is 0 Å². The number of ether oxygens (including phenoxy) is 1. The molecule has 1 aromatic carbocycles. The second-order valence-corrected chi connectivity index (χ2v) is 7.99. The molecule has 0 aliphatic carbocycles. The van der Waals surface area contributed by atoms with Gasteiger partial charge in [0.2, 0.25) is 10.0 Å². The maximum absolute atomic E-state index is 12.2. The van der Waals surface area contributed by atoms with Crippen molar-refractivity contribution in [1.82, 2.24) is 20.9 Å². The Morgan fingerprint density at radius 2 is 1.77 bits per heavy atom. The Hall–Kier alpha value is -1.75. The molecule has 0 aliphatic rings. The van der Waals surface area contributed by atoms with E-state index < -0.39 is 15.9 Å². The van der Waals surface area contributed by atoms with Crippen molar-refractivity contribution in [1.29, 1.82) is 0 Å². The van der Waals surface area contributed by atoms with Crippen molar-refractivity contribution in [2.75, 3.05) is 13.7 Å². The molecule has 0 saturated heterocycles. The molecule has 1 amide bonds. The van der Waals surface area contributed by atoms with Crippen molar-refractivity contribution in [3.63, 3.8) is 0 Å². The molecule has 146 valence electrons. The third kappa shape index (κ3) is 7.24. The zero-order valence-corrected chi connectivity index (χ0v) is 17.0. The summed E-state index contributed by atoms with van der Waals surface area (Å²) in [7, 11) is -2.02. The number of benzene rings is 1. The lowest BCUT2D eigenvalue weighted by Crippen LogP contribution is -2.49. The predicted molar refractivity (Wildman–Crippen MR) is 104 cm³/mol. The van der Waals surface area contributed by atoms with Crippen LogP contribution in [0.2, 0.25) is 0 Å². The average Bonchev–Trinajstić information content (AvgIpc) is 2.59. The van der Waals surface area contributed by atoms with Gasteiger partial charge in [0.05, 0.1) is 11.5 Å². The monoisotopic (exact) mass is 402 g/mol. The normalized spacial score (nSPS) is 13.5. The quantitative estimate of drug-likeness (QED) is 0.378. The Morgan fingerprint density at radius 3 is 2.31 bits per heavy atom. The van der Waals surface area contributed by atoms with Crippen LogP contribution < -0.4 is 20.9 Å². The van der Waals surface area contributed by atoms with E-state index in [1.807, 2.05) is 13.8 Å². The molecule has 1 rings (SSSR count). The fourth-order valence-electron chi connectivity index (χ4n) is 1.94. The van der Waals surface area contributed by atoms with Gasteiger partial charge >= 0.3 is 0 Å². The van der Waals surface area contributed by atoms with Gasteiger partial charge in [-0.15, -0.1) is 0 Å². The molecule has 0 aromatic heterocycles. The molecule has 4 N–H and O–H groups in total. The summed E-state index contributed by atoms with van der Waals surface area (Å²) in [6.07, 6.45) is 0.683. The van der Waals surface area contributed by atoms with Gasteiger partial charge in [-0.2, -0.15) is 0 Å². The van der Waals surface area contributed by atoms with Gasteiger partial charge in [0, 0.05) is 24.8 Å². The molecule has 2 atom stereocenters. The number of hydrazine groups is 1. The van der Waals surface area contributed by atoms with Gasteiger partial charge in [-0.3, -0.25) is 15.6 Å². The molecule has 0 bridgehead atoms. The summed E-state index contributed by atoms with van der Waals surface area (Å²) in [6, 6.07) is 5.46. The van der Waals surface area contributed by atoms with Crippen molar-refractivity contribution >= 4 is 33.3 Å². The average molecular weight is 403 g/mol. The molecule has 26 heavy (non-hydrogen) atoms. The molecule has 10 heteroatoms. The molecule has 0 heterocycles. The lowest BCUT2D eigenvalue weighted by molar-refractivity contribution is 0.0943. The van der Waals surface area contributed by atoms with E-state index in [1.54, 1.807) is 14.0 Å². The highest BCUT2D eigenvalue weighted by Crippen LogP contribution is 2.11. The zero-order chi connectivity index (χ0) is 19.7. The fourth-order valence-corrected chi connectivity index (χ4v) is 3.52. The lowest BCUT2D eigenvalue weighted by atomic mass is 10.2. The van der Waals surface area contributed by atoms with Gasteiger partial charge in [-0.05, 0) is 56.8 Å². The molecule has 8 nitrogen and oxygen atoms in total. The van der Waals surface area contributed by atoms with E-state index in [2.05, 4.69) is 20.9 Å². The minimum Gasteiger partial charge on any atom is -0.383 e. The Morgan fingerprint density at radius 1 is 1.15 bits per heavy atom. The van der Waals surface area contributed by atoms with Gasteiger partial charge in [0.15, 0.2) is 5.11 Å². The van der Waals surface area contributed by atoms with Gasteiger partial charge in [-0.25, -0.2) is 13.1 Å². The molecule has 0 aliphatic heterocycles. The van der Waals surface area contributed by atoms with Crippen LogP contribution in [0.1, 0.15) is 37.6 Å². The van der Waals surface area contributed by atoms with Crippen LogP contribution in [-0.4, -0.2) is 45.2 Å². The van der Waals surface area contributed by atoms with E-state index in [-0.39, 0.29) is 22.1 Å². The van der Waals surface area contributed by atoms with Crippen LogP contribution in [0.4, 0.5) is 0 Å².